The standard InChI is InChI=1S/C25H28BClO4/c1-3-19(15-20-10-11-21(28)16-24(20)27)9-12-25-23(13-14-26(29)31-25)18(2)17-30-22-7-5-4-6-8-22/h4-8,10-11,13,15-16,25,28-29H,2-3,9,12,14,17H2,1H3/b19-15+. The topological polar surface area (TPSA) is 58.9 Å². The maximum absolute atomic E-state index is 10.0. The molecular weight excluding hydrogens is 411 g/mol. The highest BCUT2D eigenvalue weighted by Crippen LogP contribution is 2.30. The molecule has 2 aromatic carbocycles. The SMILES string of the molecule is C=C(COc1ccccc1)C1=CCB(O)OC1CC/C(=C/c1ccc(O)cc1Cl)CC. The van der Waals surface area contributed by atoms with E-state index in [4.69, 9.17) is 21.0 Å². The summed E-state index contributed by atoms with van der Waals surface area (Å²) in [5, 5.41) is 20.1. The fourth-order valence-corrected chi connectivity index (χ4v) is 3.79. The Morgan fingerprint density at radius 2 is 2.06 bits per heavy atom. The average Bonchev–Trinajstić information content (AvgIpc) is 2.77. The van der Waals surface area contributed by atoms with Gasteiger partial charge in [-0.25, -0.2) is 0 Å². The minimum absolute atomic E-state index is 0.149. The molecule has 0 saturated heterocycles. The number of halogens is 1. The van der Waals surface area contributed by atoms with E-state index in [2.05, 4.69) is 19.6 Å². The van der Waals surface area contributed by atoms with Crippen molar-refractivity contribution >= 4 is 24.8 Å². The Morgan fingerprint density at radius 3 is 2.77 bits per heavy atom. The first kappa shape index (κ1) is 23.2. The van der Waals surface area contributed by atoms with Crippen molar-refractivity contribution in [2.75, 3.05) is 6.61 Å². The van der Waals surface area contributed by atoms with Gasteiger partial charge in [0.05, 0.1) is 11.1 Å². The molecule has 4 nitrogen and oxygen atoms in total. The third-order valence-corrected chi connectivity index (χ3v) is 5.62. The molecule has 0 bridgehead atoms. The molecule has 0 saturated carbocycles. The first-order valence-electron chi connectivity index (χ1n) is 10.5. The Bertz CT molecular complexity index is 955. The summed E-state index contributed by atoms with van der Waals surface area (Å²) in [4.78, 5) is 0. The number of hydrogen-bond donors (Lipinski definition) is 2. The van der Waals surface area contributed by atoms with Gasteiger partial charge in [-0.15, -0.1) is 0 Å². The van der Waals surface area contributed by atoms with E-state index in [1.54, 1.807) is 12.1 Å². The minimum Gasteiger partial charge on any atom is -0.508 e. The third-order valence-electron chi connectivity index (χ3n) is 5.30. The monoisotopic (exact) mass is 438 g/mol. The van der Waals surface area contributed by atoms with Crippen molar-refractivity contribution in [3.63, 3.8) is 0 Å². The van der Waals surface area contributed by atoms with Gasteiger partial charge in [-0.2, -0.15) is 0 Å². The van der Waals surface area contributed by atoms with Crippen LogP contribution in [0.3, 0.4) is 0 Å². The van der Waals surface area contributed by atoms with E-state index in [9.17, 15) is 10.1 Å². The molecule has 162 valence electrons. The van der Waals surface area contributed by atoms with E-state index in [0.717, 1.165) is 35.3 Å². The molecule has 0 aliphatic carbocycles. The molecule has 1 aliphatic rings. The number of aromatic hydroxyl groups is 1. The Hall–Kier alpha value is -2.47. The van der Waals surface area contributed by atoms with E-state index in [-0.39, 0.29) is 11.9 Å². The first-order chi connectivity index (χ1) is 15.0. The Balaban J connectivity index is 1.65. The molecule has 6 heteroatoms. The van der Waals surface area contributed by atoms with Gasteiger partial charge in [-0.1, -0.05) is 61.0 Å². The van der Waals surface area contributed by atoms with Crippen molar-refractivity contribution in [3.05, 3.63) is 88.5 Å². The lowest BCUT2D eigenvalue weighted by Gasteiger charge is -2.28. The first-order valence-corrected chi connectivity index (χ1v) is 10.9. The number of ether oxygens (including phenoxy) is 1. The Morgan fingerprint density at radius 1 is 1.29 bits per heavy atom. The van der Waals surface area contributed by atoms with Crippen LogP contribution in [0.4, 0.5) is 0 Å². The third kappa shape index (κ3) is 6.76. The molecule has 0 fully saturated rings. The van der Waals surface area contributed by atoms with Gasteiger partial charge in [0.25, 0.3) is 0 Å². The van der Waals surface area contributed by atoms with Gasteiger partial charge in [0.1, 0.15) is 18.1 Å². The van der Waals surface area contributed by atoms with Crippen molar-refractivity contribution in [1.82, 2.24) is 0 Å². The van der Waals surface area contributed by atoms with Gasteiger partial charge in [0.2, 0.25) is 0 Å². The summed E-state index contributed by atoms with van der Waals surface area (Å²) in [6, 6.07) is 14.6. The number of rotatable bonds is 9. The summed E-state index contributed by atoms with van der Waals surface area (Å²) in [5.74, 6) is 0.940. The van der Waals surface area contributed by atoms with Gasteiger partial charge in [-0.05, 0) is 66.3 Å². The summed E-state index contributed by atoms with van der Waals surface area (Å²) < 4.78 is 11.7. The van der Waals surface area contributed by atoms with E-state index in [1.165, 1.54) is 5.57 Å². The van der Waals surface area contributed by atoms with Crippen LogP contribution in [0.1, 0.15) is 31.7 Å². The zero-order valence-corrected chi connectivity index (χ0v) is 18.5. The van der Waals surface area contributed by atoms with Crippen molar-refractivity contribution in [3.8, 4) is 11.5 Å². The van der Waals surface area contributed by atoms with Gasteiger partial charge < -0.3 is 19.5 Å². The average molecular weight is 439 g/mol. The largest absolute Gasteiger partial charge is 0.508 e. The Labute approximate surface area is 189 Å². The Kier molecular flexibility index (Phi) is 8.41. The number of phenolic OH excluding ortho intramolecular Hbond substituents is 1. The zero-order chi connectivity index (χ0) is 22.2. The van der Waals surface area contributed by atoms with Crippen LogP contribution in [0.25, 0.3) is 6.08 Å². The summed E-state index contributed by atoms with van der Waals surface area (Å²) in [7, 11) is -0.808. The van der Waals surface area contributed by atoms with Crippen LogP contribution in [-0.4, -0.2) is 30.0 Å². The van der Waals surface area contributed by atoms with Gasteiger partial charge in [0.15, 0.2) is 0 Å². The van der Waals surface area contributed by atoms with Crippen LogP contribution in [-0.2, 0) is 4.65 Å². The summed E-state index contributed by atoms with van der Waals surface area (Å²) >= 11 is 6.25. The van der Waals surface area contributed by atoms with Crippen LogP contribution in [0.5, 0.6) is 11.5 Å². The van der Waals surface area contributed by atoms with Crippen LogP contribution in [0.15, 0.2) is 77.9 Å². The van der Waals surface area contributed by atoms with Crippen molar-refractivity contribution in [2.45, 2.75) is 38.6 Å². The number of allylic oxidation sites excluding steroid dienone is 2. The lowest BCUT2D eigenvalue weighted by atomic mass is 9.78. The highest BCUT2D eigenvalue weighted by atomic mass is 35.5. The molecule has 2 aromatic rings. The highest BCUT2D eigenvalue weighted by molar-refractivity contribution is 6.43. The van der Waals surface area contributed by atoms with E-state index in [1.807, 2.05) is 42.5 Å². The van der Waals surface area contributed by atoms with E-state index in [0.29, 0.717) is 24.4 Å². The molecule has 0 radical (unpaired) electrons. The molecule has 2 N–H and O–H groups in total. The summed E-state index contributed by atoms with van der Waals surface area (Å²) in [6.45, 7) is 6.66. The summed E-state index contributed by atoms with van der Waals surface area (Å²) in [5.41, 5.74) is 3.92. The summed E-state index contributed by atoms with van der Waals surface area (Å²) in [6.07, 6.45) is 6.61. The molecular formula is C25H28BClO4. The van der Waals surface area contributed by atoms with Crippen LogP contribution >= 0.6 is 11.6 Å². The molecule has 0 spiro atoms. The number of benzene rings is 2. The fraction of sp³-hybridized carbons (Fsp3) is 0.280. The van der Waals surface area contributed by atoms with E-state index >= 15 is 0 Å². The second kappa shape index (κ2) is 11.2. The number of phenols is 1. The molecule has 1 aliphatic heterocycles. The number of hydrogen-bond acceptors (Lipinski definition) is 4. The fourth-order valence-electron chi connectivity index (χ4n) is 3.56. The lowest BCUT2D eigenvalue weighted by molar-refractivity contribution is 0.181. The maximum atomic E-state index is 10.0. The molecule has 31 heavy (non-hydrogen) atoms. The highest BCUT2D eigenvalue weighted by Gasteiger charge is 2.28. The van der Waals surface area contributed by atoms with Gasteiger partial charge in [-0.3, -0.25) is 0 Å². The maximum Gasteiger partial charge on any atom is 0.458 e. The van der Waals surface area contributed by atoms with Crippen molar-refractivity contribution in [2.24, 2.45) is 0 Å². The van der Waals surface area contributed by atoms with E-state index < -0.39 is 7.12 Å². The molecule has 1 atom stereocenters. The van der Waals surface area contributed by atoms with Gasteiger partial charge in [0, 0.05) is 6.32 Å². The molecule has 0 amide bonds. The lowest BCUT2D eigenvalue weighted by Crippen LogP contribution is -2.32. The second-order valence-corrected chi connectivity index (χ2v) is 7.99. The molecule has 1 heterocycles. The smallest absolute Gasteiger partial charge is 0.458 e. The predicted octanol–water partition coefficient (Wildman–Crippen LogP) is 6.06. The molecule has 1 unspecified atom stereocenters. The minimum atomic E-state index is -0.808. The zero-order valence-electron chi connectivity index (χ0n) is 17.8. The van der Waals surface area contributed by atoms with Crippen LogP contribution < -0.4 is 4.74 Å². The van der Waals surface area contributed by atoms with Crippen molar-refractivity contribution < 1.29 is 19.5 Å². The molecule has 3 rings (SSSR count). The van der Waals surface area contributed by atoms with Crippen molar-refractivity contribution in [1.29, 1.82) is 0 Å². The van der Waals surface area contributed by atoms with Crippen LogP contribution in [0.2, 0.25) is 11.3 Å². The normalized spacial score (nSPS) is 16.7. The van der Waals surface area contributed by atoms with Gasteiger partial charge >= 0.3 is 7.12 Å². The second-order valence-electron chi connectivity index (χ2n) is 7.58. The quantitative estimate of drug-likeness (QED) is 0.467. The molecule has 0 aromatic heterocycles. The predicted molar refractivity (Wildman–Crippen MR) is 127 cm³/mol. The van der Waals surface area contributed by atoms with Crippen LogP contribution in [0, 0.1) is 0 Å². The number of para-hydroxylation sites is 1.